The van der Waals surface area contributed by atoms with E-state index in [0.717, 1.165) is 58.8 Å². The highest BCUT2D eigenvalue weighted by molar-refractivity contribution is 5.96. The van der Waals surface area contributed by atoms with Gasteiger partial charge in [-0.2, -0.15) is 0 Å². The first-order valence-corrected chi connectivity index (χ1v) is 12.1. The molecule has 5 rings (SSSR count). The second kappa shape index (κ2) is 8.66. The average molecular weight is 463 g/mol. The summed E-state index contributed by atoms with van der Waals surface area (Å²) >= 11 is 0. The maximum absolute atomic E-state index is 13.8. The largest absolute Gasteiger partial charge is 0.481 e. The molecule has 0 bridgehead atoms. The lowest BCUT2D eigenvalue weighted by atomic mass is 9.90. The molecule has 1 aliphatic heterocycles. The molecule has 2 fully saturated rings. The van der Waals surface area contributed by atoms with Crippen molar-refractivity contribution in [3.05, 3.63) is 59.5 Å². The minimum Gasteiger partial charge on any atom is -0.481 e. The highest BCUT2D eigenvalue weighted by Crippen LogP contribution is 2.45. The Morgan fingerprint density at radius 2 is 1.94 bits per heavy atom. The Bertz CT molecular complexity index is 1230. The van der Waals surface area contributed by atoms with Gasteiger partial charge in [0.2, 0.25) is 0 Å². The number of benzene rings is 2. The molecule has 5 nitrogen and oxygen atoms in total. The van der Waals surface area contributed by atoms with Crippen LogP contribution in [0.5, 0.6) is 5.75 Å². The number of hydrogen-bond acceptors (Lipinski definition) is 4. The van der Waals surface area contributed by atoms with Crippen LogP contribution >= 0.6 is 0 Å². The smallest absolute Gasteiger partial charge is 0.263 e. The zero-order valence-electron chi connectivity index (χ0n) is 20.0. The van der Waals surface area contributed by atoms with Crippen molar-refractivity contribution in [1.82, 2.24) is 9.88 Å². The third kappa shape index (κ3) is 4.27. The van der Waals surface area contributed by atoms with E-state index in [1.54, 1.807) is 25.3 Å². The molecule has 2 heterocycles. The van der Waals surface area contributed by atoms with Gasteiger partial charge >= 0.3 is 0 Å². The van der Waals surface area contributed by atoms with Crippen molar-refractivity contribution in [2.45, 2.75) is 58.2 Å². The van der Waals surface area contributed by atoms with Gasteiger partial charge in [-0.3, -0.25) is 9.78 Å². The molecule has 3 aromatic rings. The topological polar surface area (TPSA) is 62.7 Å². The fourth-order valence-corrected chi connectivity index (χ4v) is 5.42. The molecule has 1 amide bonds. The van der Waals surface area contributed by atoms with Crippen LogP contribution in [0.2, 0.25) is 0 Å². The van der Waals surface area contributed by atoms with E-state index in [9.17, 15) is 14.3 Å². The summed E-state index contributed by atoms with van der Waals surface area (Å²) in [6.45, 7) is 6.90. The van der Waals surface area contributed by atoms with Crippen LogP contribution in [-0.2, 0) is 4.79 Å². The predicted molar refractivity (Wildman–Crippen MR) is 130 cm³/mol. The molecule has 2 aromatic carbocycles. The molecule has 34 heavy (non-hydrogen) atoms. The summed E-state index contributed by atoms with van der Waals surface area (Å²) in [6, 6.07) is 10.7. The van der Waals surface area contributed by atoms with Crippen LogP contribution in [0.1, 0.15) is 43.7 Å². The highest BCUT2D eigenvalue weighted by Gasteiger charge is 2.49. The van der Waals surface area contributed by atoms with Crippen LogP contribution in [-0.4, -0.2) is 45.7 Å². The average Bonchev–Trinajstić information content (AvgIpc) is 3.56. The maximum atomic E-state index is 13.8. The molecule has 1 saturated heterocycles. The molecule has 1 unspecified atom stereocenters. The van der Waals surface area contributed by atoms with E-state index >= 15 is 0 Å². The van der Waals surface area contributed by atoms with E-state index in [1.165, 1.54) is 0 Å². The lowest BCUT2D eigenvalue weighted by molar-refractivity contribution is -0.141. The van der Waals surface area contributed by atoms with Gasteiger partial charge in [-0.15, -0.1) is 0 Å². The quantitative estimate of drug-likeness (QED) is 0.567. The number of rotatable bonds is 5. The van der Waals surface area contributed by atoms with Gasteiger partial charge in [-0.1, -0.05) is 0 Å². The molecule has 1 saturated carbocycles. The first-order chi connectivity index (χ1) is 16.2. The molecule has 6 heteroatoms. The summed E-state index contributed by atoms with van der Waals surface area (Å²) in [5.74, 6) is 0.463. The molecular weight excluding hydrogens is 431 g/mol. The predicted octanol–water partition coefficient (Wildman–Crippen LogP) is 5.19. The number of piperidine rings is 1. The molecule has 0 radical (unpaired) electrons. The summed E-state index contributed by atoms with van der Waals surface area (Å²) in [7, 11) is 0. The number of fused-ring (bicyclic) bond motifs is 1. The number of amides is 1. The van der Waals surface area contributed by atoms with Crippen LogP contribution in [0.15, 0.2) is 42.6 Å². The Hall–Kier alpha value is -2.99. The van der Waals surface area contributed by atoms with Crippen molar-refractivity contribution in [3.8, 4) is 16.9 Å². The van der Waals surface area contributed by atoms with Gasteiger partial charge in [0.1, 0.15) is 11.6 Å². The summed E-state index contributed by atoms with van der Waals surface area (Å²) in [5.41, 5.74) is 3.94. The van der Waals surface area contributed by atoms with E-state index in [1.807, 2.05) is 43.0 Å². The molecule has 0 spiro atoms. The van der Waals surface area contributed by atoms with Gasteiger partial charge in [0, 0.05) is 36.7 Å². The fourth-order valence-electron chi connectivity index (χ4n) is 5.42. The van der Waals surface area contributed by atoms with Gasteiger partial charge in [-0.25, -0.2) is 4.39 Å². The number of aliphatic hydroxyl groups is 1. The lowest BCUT2D eigenvalue weighted by Crippen LogP contribution is -2.48. The third-order valence-corrected chi connectivity index (χ3v) is 7.40. The monoisotopic (exact) mass is 462 g/mol. The van der Waals surface area contributed by atoms with Gasteiger partial charge in [0.25, 0.3) is 5.91 Å². The van der Waals surface area contributed by atoms with Crippen LogP contribution < -0.4 is 4.74 Å². The van der Waals surface area contributed by atoms with Crippen molar-refractivity contribution in [1.29, 1.82) is 0 Å². The van der Waals surface area contributed by atoms with Crippen molar-refractivity contribution >= 4 is 16.8 Å². The molecule has 1 aromatic heterocycles. The Morgan fingerprint density at radius 1 is 1.21 bits per heavy atom. The second-order valence-corrected chi connectivity index (χ2v) is 9.94. The third-order valence-electron chi connectivity index (χ3n) is 7.40. The molecule has 2 aliphatic rings. The van der Waals surface area contributed by atoms with Gasteiger partial charge in [-0.05, 0) is 99.0 Å². The summed E-state index contributed by atoms with van der Waals surface area (Å²) in [6.07, 6.45) is 4.69. The highest BCUT2D eigenvalue weighted by atomic mass is 19.1. The maximum Gasteiger partial charge on any atom is 0.263 e. The standard InChI is InChI=1S/C28H31FN2O3/c1-17-13-21(29)14-18(2)26(17)24-8-11-30-25-15-22(6-7-23(24)25)34-19(3)27(32)31-12-4-5-20(16-31)28(33)9-10-28/h6-8,11,13-15,19-20,33H,4-5,9-10,12,16H2,1-3H3/t19-,20?/m1/s1. The number of nitrogens with zero attached hydrogens (tertiary/aromatic N) is 2. The lowest BCUT2D eigenvalue weighted by Gasteiger charge is -2.36. The molecule has 1 N–H and O–H groups in total. The number of likely N-dealkylation sites (tertiary alicyclic amines) is 1. The van der Waals surface area contributed by atoms with Crippen LogP contribution in [0.3, 0.4) is 0 Å². The van der Waals surface area contributed by atoms with E-state index in [-0.39, 0.29) is 17.6 Å². The van der Waals surface area contributed by atoms with Crippen molar-refractivity contribution in [3.63, 3.8) is 0 Å². The Balaban J connectivity index is 1.35. The number of carbonyl (C=O) groups excluding carboxylic acids is 1. The second-order valence-electron chi connectivity index (χ2n) is 9.94. The van der Waals surface area contributed by atoms with Crippen LogP contribution in [0.4, 0.5) is 4.39 Å². The SMILES string of the molecule is Cc1cc(F)cc(C)c1-c1ccnc2cc(O[C@H](C)C(=O)N3CCCC(C4(O)CC4)C3)ccc12. The fraction of sp³-hybridized carbons (Fsp3) is 0.429. The molecule has 178 valence electrons. The number of pyridine rings is 1. The minimum atomic E-state index is -0.630. The molecule has 1 aliphatic carbocycles. The number of halogens is 1. The Kier molecular flexibility index (Phi) is 5.80. The summed E-state index contributed by atoms with van der Waals surface area (Å²) in [5, 5.41) is 11.4. The number of aryl methyl sites for hydroxylation is 2. The molecule has 2 atom stereocenters. The minimum absolute atomic E-state index is 0.0479. The summed E-state index contributed by atoms with van der Waals surface area (Å²) < 4.78 is 19.9. The van der Waals surface area contributed by atoms with Crippen molar-refractivity contribution in [2.75, 3.05) is 13.1 Å². The zero-order chi connectivity index (χ0) is 24.0. The van der Waals surface area contributed by atoms with E-state index in [4.69, 9.17) is 4.74 Å². The number of hydrogen-bond donors (Lipinski definition) is 1. The van der Waals surface area contributed by atoms with Crippen LogP contribution in [0.25, 0.3) is 22.0 Å². The normalized spacial score (nSPS) is 20.3. The van der Waals surface area contributed by atoms with Gasteiger partial charge < -0.3 is 14.7 Å². The van der Waals surface area contributed by atoms with Crippen LogP contribution in [0, 0.1) is 25.6 Å². The number of ether oxygens (including phenoxy) is 1. The Morgan fingerprint density at radius 3 is 2.65 bits per heavy atom. The number of aromatic nitrogens is 1. The van der Waals surface area contributed by atoms with Gasteiger partial charge in [0.05, 0.1) is 11.1 Å². The summed E-state index contributed by atoms with van der Waals surface area (Å²) in [4.78, 5) is 19.4. The zero-order valence-corrected chi connectivity index (χ0v) is 20.0. The first kappa shape index (κ1) is 22.8. The van der Waals surface area contributed by atoms with E-state index in [2.05, 4.69) is 4.98 Å². The van der Waals surface area contributed by atoms with E-state index in [0.29, 0.717) is 18.8 Å². The van der Waals surface area contributed by atoms with E-state index < -0.39 is 11.7 Å². The molecular formula is C28H31FN2O3. The van der Waals surface area contributed by atoms with Gasteiger partial charge in [0.15, 0.2) is 6.10 Å². The number of carbonyl (C=O) groups is 1. The first-order valence-electron chi connectivity index (χ1n) is 12.1. The van der Waals surface area contributed by atoms with Crippen molar-refractivity contribution in [2.24, 2.45) is 5.92 Å². The van der Waals surface area contributed by atoms with Crippen molar-refractivity contribution < 1.29 is 19.0 Å². The Labute approximate surface area is 199 Å².